The summed E-state index contributed by atoms with van der Waals surface area (Å²) in [6, 6.07) is 35.4. The number of hydrogen-bond acceptors (Lipinski definition) is 0. The summed E-state index contributed by atoms with van der Waals surface area (Å²) in [7, 11) is 0. The molecule has 4 aromatic carbocycles. The van der Waals surface area contributed by atoms with Gasteiger partial charge in [-0.25, -0.2) is 0 Å². The van der Waals surface area contributed by atoms with Crippen LogP contribution in [0.15, 0.2) is 115 Å². The summed E-state index contributed by atoms with van der Waals surface area (Å²) in [4.78, 5) is 0. The molecule has 0 bridgehead atoms. The molecule has 0 nitrogen and oxygen atoms in total. The van der Waals surface area contributed by atoms with Crippen LogP contribution in [0.1, 0.15) is 39.8 Å². The molecule has 2 aliphatic rings. The average molecular weight is 605 g/mol. The van der Waals surface area contributed by atoms with Crippen molar-refractivity contribution in [2.45, 2.75) is 12.8 Å². The van der Waals surface area contributed by atoms with E-state index in [4.69, 9.17) is 0 Å². The molecule has 0 aliphatic heterocycles. The molecular weight excluding hydrogens is 582 g/mol. The molecule has 6 rings (SSSR count). The number of benzene rings is 4. The van der Waals surface area contributed by atoms with E-state index in [0.717, 1.165) is 12.8 Å². The Morgan fingerprint density at radius 2 is 1.19 bits per heavy atom. The number of fused-ring (bicyclic) bond motifs is 3. The molecule has 0 unspecified atom stereocenters. The normalized spacial score (nSPS) is 12.3. The Labute approximate surface area is 247 Å². The molecule has 0 aromatic heterocycles. The molecule has 2 aliphatic carbocycles. The number of hydrogen-bond donors (Lipinski definition) is 0. The van der Waals surface area contributed by atoms with Gasteiger partial charge in [0.05, 0.1) is 0 Å². The Hall–Kier alpha value is -2.15. The zero-order valence-corrected chi connectivity index (χ0v) is 24.2. The Balaban J connectivity index is 0.00000120. The first kappa shape index (κ1) is 28.4. The zero-order valence-electron chi connectivity index (χ0n) is 19.5. The Morgan fingerprint density at radius 3 is 1.81 bits per heavy atom. The van der Waals surface area contributed by atoms with Gasteiger partial charge in [-0.15, -0.1) is 0 Å². The van der Waals surface area contributed by atoms with Gasteiger partial charge in [0.2, 0.25) is 0 Å². The molecule has 0 fully saturated rings. The van der Waals surface area contributed by atoms with Crippen molar-refractivity contribution >= 4 is 14.4 Å². The van der Waals surface area contributed by atoms with E-state index in [2.05, 4.69) is 115 Å². The van der Waals surface area contributed by atoms with E-state index >= 15 is 0 Å². The van der Waals surface area contributed by atoms with Gasteiger partial charge in [0.25, 0.3) is 0 Å². The topological polar surface area (TPSA) is 0 Å². The van der Waals surface area contributed by atoms with E-state index in [9.17, 15) is 0 Å². The van der Waals surface area contributed by atoms with Crippen molar-refractivity contribution in [3.63, 3.8) is 0 Å². The summed E-state index contributed by atoms with van der Waals surface area (Å²) >= 11 is 1.44. The zero-order chi connectivity index (χ0) is 22.2. The fraction of sp³-hybridized carbons (Fsp3) is 0.0625. The summed E-state index contributed by atoms with van der Waals surface area (Å²) in [6.07, 6.45) is 8.77. The third kappa shape index (κ3) is 5.13. The fourth-order valence-corrected chi connectivity index (χ4v) is 6.61. The Morgan fingerprint density at radius 1 is 0.611 bits per heavy atom. The summed E-state index contributed by atoms with van der Waals surface area (Å²) in [6.45, 7) is 0. The molecule has 0 atom stereocenters. The van der Waals surface area contributed by atoms with E-state index in [-0.39, 0.29) is 37.2 Å². The van der Waals surface area contributed by atoms with E-state index in [0.29, 0.717) is 0 Å². The SMILES string of the molecule is [Cl-].[Cl-].[Cl-].[Zr+3][C](=C(c1ccccc1)c1ccccc1)c1c(C2=CC=CC2)ccc2c1Cc1ccccc1-2. The summed E-state index contributed by atoms with van der Waals surface area (Å²) in [5, 5.41) is 0. The molecule has 4 heteroatoms. The second-order valence-corrected chi connectivity index (χ2v) is 9.88. The molecule has 4 aromatic rings. The van der Waals surface area contributed by atoms with Crippen LogP contribution >= 0.6 is 0 Å². The molecule has 0 radical (unpaired) electrons. The van der Waals surface area contributed by atoms with Gasteiger partial charge in [-0.2, -0.15) is 0 Å². The van der Waals surface area contributed by atoms with Crippen LogP contribution in [0.5, 0.6) is 0 Å². The standard InChI is InChI=1S/C32H23.3ClH.Zr/c1-3-11-24(12-4-1)30(25-13-5-2-6-14-25)22-32-28(23-15-7-8-16-23)19-20-29-27-18-10-9-17-26(27)21-31(29)32;;;;/h1-15,17-20H,16,21H2;3*1H;/q;;;;+3/p-3. The van der Waals surface area contributed by atoms with Gasteiger partial charge in [-0.1, -0.05) is 0 Å². The van der Waals surface area contributed by atoms with Crippen molar-refractivity contribution in [3.8, 4) is 11.1 Å². The van der Waals surface area contributed by atoms with Gasteiger partial charge < -0.3 is 37.2 Å². The predicted octanol–water partition coefficient (Wildman–Crippen LogP) is -0.923. The van der Waals surface area contributed by atoms with Crippen molar-refractivity contribution in [2.24, 2.45) is 0 Å². The van der Waals surface area contributed by atoms with Crippen LogP contribution in [0, 0.1) is 0 Å². The maximum atomic E-state index is 2.37. The van der Waals surface area contributed by atoms with Crippen molar-refractivity contribution in [3.05, 3.63) is 149 Å². The first-order valence-corrected chi connectivity index (χ1v) is 12.7. The van der Waals surface area contributed by atoms with Crippen LogP contribution in [-0.2, 0) is 31.1 Å². The van der Waals surface area contributed by atoms with Crippen LogP contribution in [0.3, 0.4) is 0 Å². The minimum absolute atomic E-state index is 0. The van der Waals surface area contributed by atoms with Crippen molar-refractivity contribution in [2.75, 3.05) is 0 Å². The van der Waals surface area contributed by atoms with Crippen LogP contribution in [0.4, 0.5) is 0 Å². The summed E-state index contributed by atoms with van der Waals surface area (Å²) in [5.41, 5.74) is 13.9. The molecule has 0 saturated heterocycles. The van der Waals surface area contributed by atoms with Crippen LogP contribution in [-0.4, -0.2) is 0 Å². The van der Waals surface area contributed by atoms with E-state index < -0.39 is 0 Å². The van der Waals surface area contributed by atoms with Crippen LogP contribution in [0.25, 0.3) is 25.6 Å². The number of halogens is 3. The average Bonchev–Trinajstić information content (AvgIpc) is 3.53. The second kappa shape index (κ2) is 12.4. The second-order valence-electron chi connectivity index (χ2n) is 8.65. The monoisotopic (exact) mass is 602 g/mol. The Bertz CT molecular complexity index is 1410. The molecule has 36 heavy (non-hydrogen) atoms. The third-order valence-electron chi connectivity index (χ3n) is 6.73. The molecule has 0 saturated carbocycles. The van der Waals surface area contributed by atoms with Gasteiger partial charge in [0.15, 0.2) is 0 Å². The van der Waals surface area contributed by atoms with Gasteiger partial charge >= 0.3 is 212 Å². The molecule has 0 heterocycles. The van der Waals surface area contributed by atoms with Crippen LogP contribution < -0.4 is 37.2 Å². The van der Waals surface area contributed by atoms with Gasteiger partial charge in [0, 0.05) is 0 Å². The summed E-state index contributed by atoms with van der Waals surface area (Å²) < 4.78 is 1.44. The fourth-order valence-electron chi connectivity index (χ4n) is 5.20. The molecule has 0 amide bonds. The third-order valence-corrected chi connectivity index (χ3v) is 7.96. The van der Waals surface area contributed by atoms with Gasteiger partial charge in [-0.05, 0) is 0 Å². The van der Waals surface area contributed by atoms with Crippen LogP contribution in [0.2, 0.25) is 0 Å². The maximum absolute atomic E-state index is 2.37. The number of allylic oxidation sites excluding steroid dienone is 4. The molecule has 176 valence electrons. The predicted molar refractivity (Wildman–Crippen MR) is 135 cm³/mol. The van der Waals surface area contributed by atoms with E-state index in [1.165, 1.54) is 83.7 Å². The summed E-state index contributed by atoms with van der Waals surface area (Å²) in [5.74, 6) is 0. The van der Waals surface area contributed by atoms with Crippen molar-refractivity contribution < 1.29 is 61.9 Å². The van der Waals surface area contributed by atoms with Gasteiger partial charge in [0.1, 0.15) is 0 Å². The first-order valence-electron chi connectivity index (χ1n) is 11.5. The first-order chi connectivity index (χ1) is 16.3. The molecular formula is C32H23Cl3Zr. The molecule has 0 N–H and O–H groups in total. The number of rotatable bonds is 4. The van der Waals surface area contributed by atoms with E-state index in [1.54, 1.807) is 0 Å². The Kier molecular flexibility index (Phi) is 9.79. The van der Waals surface area contributed by atoms with Crippen molar-refractivity contribution in [1.29, 1.82) is 0 Å². The molecule has 0 spiro atoms. The van der Waals surface area contributed by atoms with E-state index in [1.807, 2.05) is 0 Å². The minimum atomic E-state index is 0. The quantitative estimate of drug-likeness (QED) is 0.233. The van der Waals surface area contributed by atoms with Gasteiger partial charge in [-0.3, -0.25) is 0 Å². The van der Waals surface area contributed by atoms with Crippen molar-refractivity contribution in [1.82, 2.24) is 0 Å².